The summed E-state index contributed by atoms with van der Waals surface area (Å²) in [5.74, 6) is 1.71. The summed E-state index contributed by atoms with van der Waals surface area (Å²) in [6, 6.07) is 15.1. The molecule has 0 saturated heterocycles. The fraction of sp³-hybridized carbons (Fsp3) is 0.238. The first-order chi connectivity index (χ1) is 13.7. The molecule has 2 aromatic rings. The normalized spacial score (nSPS) is 12.2. The van der Waals surface area contributed by atoms with Gasteiger partial charge in [-0.2, -0.15) is 5.26 Å². The van der Waals surface area contributed by atoms with Crippen molar-refractivity contribution in [1.82, 2.24) is 10.6 Å². The van der Waals surface area contributed by atoms with Gasteiger partial charge in [0.2, 0.25) is 6.79 Å². The van der Waals surface area contributed by atoms with Gasteiger partial charge >= 0.3 is 0 Å². The van der Waals surface area contributed by atoms with E-state index < -0.39 is 5.91 Å². The Kier molecular flexibility index (Phi) is 6.37. The average Bonchev–Trinajstić information content (AvgIpc) is 3.20. The maximum atomic E-state index is 12.2. The molecule has 144 valence electrons. The van der Waals surface area contributed by atoms with Crippen molar-refractivity contribution in [2.75, 3.05) is 20.4 Å². The van der Waals surface area contributed by atoms with Crippen LogP contribution in [0, 0.1) is 11.3 Å². The molecule has 0 radical (unpaired) electrons. The van der Waals surface area contributed by atoms with Crippen molar-refractivity contribution in [2.45, 2.75) is 13.0 Å². The minimum Gasteiger partial charge on any atom is -0.497 e. The molecule has 1 amide bonds. The number of amides is 1. The van der Waals surface area contributed by atoms with Gasteiger partial charge in [0.1, 0.15) is 17.4 Å². The van der Waals surface area contributed by atoms with Crippen LogP contribution < -0.4 is 24.8 Å². The third-order valence-electron chi connectivity index (χ3n) is 4.19. The maximum absolute atomic E-state index is 12.2. The van der Waals surface area contributed by atoms with Gasteiger partial charge in [-0.25, -0.2) is 0 Å². The van der Waals surface area contributed by atoms with E-state index in [0.29, 0.717) is 18.0 Å². The molecule has 28 heavy (non-hydrogen) atoms. The molecule has 2 aromatic carbocycles. The van der Waals surface area contributed by atoms with Gasteiger partial charge in [0.25, 0.3) is 5.91 Å². The largest absolute Gasteiger partial charge is 0.497 e. The SMILES string of the molecule is COc1cccc(CCN/C=C(/C#N)C(=O)NCc2ccc3c(c2)OCO3)c1. The average molecular weight is 379 g/mol. The zero-order valence-corrected chi connectivity index (χ0v) is 15.5. The Bertz CT molecular complexity index is 918. The second-order valence-corrected chi connectivity index (χ2v) is 6.10. The number of nitrogens with one attached hydrogen (secondary N) is 2. The molecule has 2 N–H and O–H groups in total. The van der Waals surface area contributed by atoms with Gasteiger partial charge in [0, 0.05) is 19.3 Å². The van der Waals surface area contributed by atoms with Crippen molar-refractivity contribution in [1.29, 1.82) is 5.26 Å². The first-order valence-electron chi connectivity index (χ1n) is 8.83. The number of carbonyl (C=O) groups is 1. The summed E-state index contributed by atoms with van der Waals surface area (Å²) in [7, 11) is 1.63. The highest BCUT2D eigenvalue weighted by Gasteiger charge is 2.14. The van der Waals surface area contributed by atoms with Gasteiger partial charge in [-0.05, 0) is 41.8 Å². The number of ether oxygens (including phenoxy) is 3. The van der Waals surface area contributed by atoms with Crippen LogP contribution in [0.25, 0.3) is 0 Å². The lowest BCUT2D eigenvalue weighted by Crippen LogP contribution is -2.25. The van der Waals surface area contributed by atoms with Crippen molar-refractivity contribution >= 4 is 5.91 Å². The van der Waals surface area contributed by atoms with Crippen LogP contribution in [0.4, 0.5) is 0 Å². The van der Waals surface area contributed by atoms with E-state index in [9.17, 15) is 10.1 Å². The van der Waals surface area contributed by atoms with Crippen LogP contribution in [-0.4, -0.2) is 26.4 Å². The van der Waals surface area contributed by atoms with Crippen molar-refractivity contribution in [3.63, 3.8) is 0 Å². The van der Waals surface area contributed by atoms with Gasteiger partial charge in [0.05, 0.1) is 7.11 Å². The summed E-state index contributed by atoms with van der Waals surface area (Å²) in [6.07, 6.45) is 2.18. The molecular formula is C21H21N3O4. The molecule has 0 bridgehead atoms. The minimum absolute atomic E-state index is 0.0198. The highest BCUT2D eigenvalue weighted by Crippen LogP contribution is 2.32. The summed E-state index contributed by atoms with van der Waals surface area (Å²) >= 11 is 0. The molecule has 0 atom stereocenters. The lowest BCUT2D eigenvalue weighted by atomic mass is 10.1. The molecule has 3 rings (SSSR count). The van der Waals surface area contributed by atoms with Crippen LogP contribution >= 0.6 is 0 Å². The standard InChI is InChI=1S/C21H21N3O4/c1-26-18-4-2-3-15(9-18)7-8-23-13-17(11-22)21(25)24-12-16-5-6-19-20(10-16)28-14-27-19/h2-6,9-10,13,23H,7-8,12,14H2,1H3,(H,24,25)/b17-13-. The quantitative estimate of drug-likeness (QED) is 0.415. The summed E-state index contributed by atoms with van der Waals surface area (Å²) in [5.41, 5.74) is 1.98. The van der Waals surface area contributed by atoms with E-state index in [1.54, 1.807) is 13.2 Å². The van der Waals surface area contributed by atoms with E-state index in [-0.39, 0.29) is 18.9 Å². The van der Waals surface area contributed by atoms with Crippen LogP contribution in [0.2, 0.25) is 0 Å². The Morgan fingerprint density at radius 3 is 2.89 bits per heavy atom. The highest BCUT2D eigenvalue weighted by molar-refractivity contribution is 5.97. The third kappa shape index (κ3) is 4.95. The van der Waals surface area contributed by atoms with Gasteiger partial charge in [-0.1, -0.05) is 18.2 Å². The molecule has 1 aliphatic rings. The van der Waals surface area contributed by atoms with Crippen molar-refractivity contribution < 1.29 is 19.0 Å². The fourth-order valence-corrected chi connectivity index (χ4v) is 2.70. The number of nitriles is 1. The lowest BCUT2D eigenvalue weighted by molar-refractivity contribution is -0.117. The Morgan fingerprint density at radius 2 is 2.07 bits per heavy atom. The number of rotatable bonds is 8. The fourth-order valence-electron chi connectivity index (χ4n) is 2.70. The second-order valence-electron chi connectivity index (χ2n) is 6.10. The predicted octanol–water partition coefficient (Wildman–Crippen LogP) is 2.28. The van der Waals surface area contributed by atoms with Crippen LogP contribution in [0.3, 0.4) is 0 Å². The summed E-state index contributed by atoms with van der Waals surface area (Å²) < 4.78 is 15.8. The van der Waals surface area contributed by atoms with Gasteiger partial charge < -0.3 is 24.8 Å². The Hall–Kier alpha value is -3.66. The third-order valence-corrected chi connectivity index (χ3v) is 4.19. The number of carbonyl (C=O) groups excluding carboxylic acids is 1. The number of nitrogens with zero attached hydrogens (tertiary/aromatic N) is 1. The van der Waals surface area contributed by atoms with Crippen molar-refractivity contribution in [3.8, 4) is 23.3 Å². The zero-order chi connectivity index (χ0) is 19.8. The van der Waals surface area contributed by atoms with Crippen molar-refractivity contribution in [2.24, 2.45) is 0 Å². The van der Waals surface area contributed by atoms with E-state index >= 15 is 0 Å². The summed E-state index contributed by atoms with van der Waals surface area (Å²) in [5, 5.41) is 15.0. The highest BCUT2D eigenvalue weighted by atomic mass is 16.7. The van der Waals surface area contributed by atoms with Gasteiger partial charge in [-0.3, -0.25) is 4.79 Å². The van der Waals surface area contributed by atoms with E-state index in [1.165, 1.54) is 6.20 Å². The molecule has 0 aromatic heterocycles. The number of hydrogen-bond donors (Lipinski definition) is 2. The number of benzene rings is 2. The Morgan fingerprint density at radius 1 is 1.21 bits per heavy atom. The van der Waals surface area contributed by atoms with E-state index in [0.717, 1.165) is 23.3 Å². The molecule has 1 aliphatic heterocycles. The number of methoxy groups -OCH3 is 1. The van der Waals surface area contributed by atoms with Crippen LogP contribution in [-0.2, 0) is 17.8 Å². The smallest absolute Gasteiger partial charge is 0.263 e. The van der Waals surface area contributed by atoms with E-state index in [2.05, 4.69) is 10.6 Å². The summed E-state index contributed by atoms with van der Waals surface area (Å²) in [4.78, 5) is 12.2. The van der Waals surface area contributed by atoms with Crippen LogP contribution in [0.15, 0.2) is 54.2 Å². The maximum Gasteiger partial charge on any atom is 0.263 e. The first kappa shape index (κ1) is 19.1. The zero-order valence-electron chi connectivity index (χ0n) is 15.5. The molecule has 7 heteroatoms. The molecule has 7 nitrogen and oxygen atoms in total. The summed E-state index contributed by atoms with van der Waals surface area (Å²) in [6.45, 7) is 1.08. The molecule has 0 saturated carbocycles. The molecule has 0 unspecified atom stereocenters. The molecule has 0 spiro atoms. The molecular weight excluding hydrogens is 358 g/mol. The van der Waals surface area contributed by atoms with Gasteiger partial charge in [0.15, 0.2) is 11.5 Å². The van der Waals surface area contributed by atoms with Gasteiger partial charge in [-0.15, -0.1) is 0 Å². The van der Waals surface area contributed by atoms with Crippen molar-refractivity contribution in [3.05, 3.63) is 65.4 Å². The number of hydrogen-bond acceptors (Lipinski definition) is 6. The van der Waals surface area contributed by atoms with Crippen LogP contribution in [0.5, 0.6) is 17.2 Å². The minimum atomic E-state index is -0.436. The molecule has 1 heterocycles. The molecule has 0 aliphatic carbocycles. The first-order valence-corrected chi connectivity index (χ1v) is 8.83. The van der Waals surface area contributed by atoms with Crippen LogP contribution in [0.1, 0.15) is 11.1 Å². The van der Waals surface area contributed by atoms with E-state index in [4.69, 9.17) is 14.2 Å². The number of fused-ring (bicyclic) bond motifs is 1. The topological polar surface area (TPSA) is 92.6 Å². The Labute approximate surface area is 163 Å². The molecule has 0 fully saturated rings. The monoisotopic (exact) mass is 379 g/mol. The predicted molar refractivity (Wildman–Crippen MR) is 103 cm³/mol. The Balaban J connectivity index is 1.48. The van der Waals surface area contributed by atoms with E-state index in [1.807, 2.05) is 42.5 Å². The second kappa shape index (κ2) is 9.33. The lowest BCUT2D eigenvalue weighted by Gasteiger charge is -2.07.